The molecule has 0 bridgehead atoms. The highest BCUT2D eigenvalue weighted by Gasteiger charge is 2.08. The van der Waals surface area contributed by atoms with Gasteiger partial charge in [-0.15, -0.1) is 0 Å². The molecule has 0 radical (unpaired) electrons. The smallest absolute Gasteiger partial charge is 0.193 e. The van der Waals surface area contributed by atoms with E-state index in [9.17, 15) is 4.79 Å². The van der Waals surface area contributed by atoms with Crippen LogP contribution in [0, 0.1) is 0 Å². The molecule has 0 atom stereocenters. The lowest BCUT2D eigenvalue weighted by Crippen LogP contribution is -2.00. The molecule has 3 rings (SSSR count). The van der Waals surface area contributed by atoms with E-state index in [0.717, 1.165) is 5.56 Å². The Bertz CT molecular complexity index is 836. The van der Waals surface area contributed by atoms with Gasteiger partial charge >= 0.3 is 0 Å². The van der Waals surface area contributed by atoms with Crippen LogP contribution in [-0.2, 0) is 0 Å². The summed E-state index contributed by atoms with van der Waals surface area (Å²) >= 11 is 0. The summed E-state index contributed by atoms with van der Waals surface area (Å²) in [6.07, 6.45) is 0. The Balaban J connectivity index is 2.22. The number of rotatable bonds is 2. The number of nitrogens with two attached hydrogens (primary N) is 1. The Labute approximate surface area is 115 Å². The van der Waals surface area contributed by atoms with Crippen molar-refractivity contribution in [2.75, 3.05) is 12.8 Å². The summed E-state index contributed by atoms with van der Waals surface area (Å²) in [5.74, 6) is 1.13. The molecule has 2 N–H and O–H groups in total. The molecule has 20 heavy (non-hydrogen) atoms. The maximum Gasteiger partial charge on any atom is 0.193 e. The predicted molar refractivity (Wildman–Crippen MR) is 78.9 cm³/mol. The lowest BCUT2D eigenvalue weighted by Gasteiger charge is -2.05. The normalized spacial score (nSPS) is 10.7. The molecule has 1 heterocycles. The van der Waals surface area contributed by atoms with Gasteiger partial charge in [0.25, 0.3) is 0 Å². The third kappa shape index (κ3) is 2.12. The van der Waals surface area contributed by atoms with Gasteiger partial charge < -0.3 is 14.9 Å². The van der Waals surface area contributed by atoms with Crippen molar-refractivity contribution in [3.8, 4) is 17.1 Å². The van der Waals surface area contributed by atoms with E-state index in [1.165, 1.54) is 6.07 Å². The van der Waals surface area contributed by atoms with Crippen LogP contribution in [0.4, 0.5) is 5.69 Å². The Kier molecular flexibility index (Phi) is 2.91. The summed E-state index contributed by atoms with van der Waals surface area (Å²) in [6, 6.07) is 13.9. The minimum absolute atomic E-state index is 0.109. The van der Waals surface area contributed by atoms with Crippen molar-refractivity contribution in [2.45, 2.75) is 0 Å². The van der Waals surface area contributed by atoms with Crippen LogP contribution in [0.3, 0.4) is 0 Å². The maximum atomic E-state index is 12.2. The number of methoxy groups -OCH3 is 1. The largest absolute Gasteiger partial charge is 0.497 e. The molecule has 0 fully saturated rings. The second-order valence-corrected chi connectivity index (χ2v) is 4.46. The van der Waals surface area contributed by atoms with Crippen molar-refractivity contribution >= 4 is 16.7 Å². The van der Waals surface area contributed by atoms with E-state index in [-0.39, 0.29) is 5.43 Å². The van der Waals surface area contributed by atoms with Crippen LogP contribution < -0.4 is 15.9 Å². The highest BCUT2D eigenvalue weighted by molar-refractivity contribution is 5.80. The second-order valence-electron chi connectivity index (χ2n) is 4.46. The average Bonchev–Trinajstić information content (AvgIpc) is 2.47. The summed E-state index contributed by atoms with van der Waals surface area (Å²) in [5, 5.41) is 0.497. The number of hydrogen-bond acceptors (Lipinski definition) is 4. The zero-order chi connectivity index (χ0) is 14.1. The molecule has 3 aromatic rings. The maximum absolute atomic E-state index is 12.2. The number of nitrogen functional groups attached to an aromatic ring is 1. The first-order valence-electron chi connectivity index (χ1n) is 6.15. The zero-order valence-corrected chi connectivity index (χ0v) is 10.9. The Morgan fingerprint density at radius 1 is 1.10 bits per heavy atom. The minimum atomic E-state index is -0.109. The third-order valence-electron chi connectivity index (χ3n) is 3.11. The van der Waals surface area contributed by atoms with Gasteiger partial charge in [-0.25, -0.2) is 0 Å². The molecular weight excluding hydrogens is 254 g/mol. The Morgan fingerprint density at radius 3 is 2.70 bits per heavy atom. The molecule has 0 saturated carbocycles. The fraction of sp³-hybridized carbons (Fsp3) is 0.0625. The van der Waals surface area contributed by atoms with Gasteiger partial charge in [0.2, 0.25) is 0 Å². The van der Waals surface area contributed by atoms with Crippen LogP contribution in [0.2, 0.25) is 0 Å². The van der Waals surface area contributed by atoms with Gasteiger partial charge in [-0.3, -0.25) is 4.79 Å². The Morgan fingerprint density at radius 2 is 1.95 bits per heavy atom. The van der Waals surface area contributed by atoms with Gasteiger partial charge in [-0.05, 0) is 30.3 Å². The second kappa shape index (κ2) is 4.74. The van der Waals surface area contributed by atoms with Gasteiger partial charge in [0.05, 0.1) is 12.5 Å². The number of hydrogen-bond donors (Lipinski definition) is 1. The summed E-state index contributed by atoms with van der Waals surface area (Å²) in [6.45, 7) is 0. The molecule has 0 spiro atoms. The van der Waals surface area contributed by atoms with Gasteiger partial charge in [-0.2, -0.15) is 0 Å². The van der Waals surface area contributed by atoms with E-state index in [4.69, 9.17) is 14.9 Å². The van der Waals surface area contributed by atoms with Gasteiger partial charge in [0.15, 0.2) is 5.43 Å². The number of fused-ring (bicyclic) bond motifs is 1. The Hall–Kier alpha value is -2.75. The topological polar surface area (TPSA) is 65.5 Å². The molecule has 1 aromatic heterocycles. The van der Waals surface area contributed by atoms with Crippen molar-refractivity contribution in [2.24, 2.45) is 0 Å². The summed E-state index contributed by atoms with van der Waals surface area (Å²) in [7, 11) is 1.56. The van der Waals surface area contributed by atoms with Crippen molar-refractivity contribution < 1.29 is 9.15 Å². The highest BCUT2D eigenvalue weighted by atomic mass is 16.5. The molecular formula is C16H13NO3. The zero-order valence-electron chi connectivity index (χ0n) is 10.9. The lowest BCUT2D eigenvalue weighted by molar-refractivity contribution is 0.415. The first-order chi connectivity index (χ1) is 9.67. The first-order valence-corrected chi connectivity index (χ1v) is 6.15. The molecule has 4 nitrogen and oxygen atoms in total. The minimum Gasteiger partial charge on any atom is -0.497 e. The molecule has 100 valence electrons. The standard InChI is InChI=1S/C16H13NO3/c1-19-12-5-6-15-13(8-12)14(18)9-16(20-15)10-3-2-4-11(17)7-10/h2-9H,17H2,1H3. The van der Waals surface area contributed by atoms with Crippen LogP contribution in [-0.4, -0.2) is 7.11 Å². The van der Waals surface area contributed by atoms with E-state index >= 15 is 0 Å². The van der Waals surface area contributed by atoms with Crippen molar-refractivity contribution in [1.82, 2.24) is 0 Å². The van der Waals surface area contributed by atoms with Crippen LogP contribution in [0.1, 0.15) is 0 Å². The molecule has 0 aliphatic rings. The molecule has 0 unspecified atom stereocenters. The van der Waals surface area contributed by atoms with Gasteiger partial charge in [-0.1, -0.05) is 12.1 Å². The predicted octanol–water partition coefficient (Wildman–Crippen LogP) is 3.05. The van der Waals surface area contributed by atoms with Crippen molar-refractivity contribution in [3.05, 3.63) is 58.8 Å². The molecule has 0 amide bonds. The summed E-state index contributed by atoms with van der Waals surface area (Å²) < 4.78 is 10.9. The van der Waals surface area contributed by atoms with Crippen LogP contribution in [0.5, 0.6) is 5.75 Å². The van der Waals surface area contributed by atoms with E-state index in [2.05, 4.69) is 0 Å². The van der Waals surface area contributed by atoms with Crippen molar-refractivity contribution in [3.63, 3.8) is 0 Å². The van der Waals surface area contributed by atoms with Crippen LogP contribution in [0.15, 0.2) is 57.7 Å². The van der Waals surface area contributed by atoms with Crippen LogP contribution in [0.25, 0.3) is 22.3 Å². The fourth-order valence-electron chi connectivity index (χ4n) is 2.10. The monoisotopic (exact) mass is 267 g/mol. The average molecular weight is 267 g/mol. The highest BCUT2D eigenvalue weighted by Crippen LogP contribution is 2.25. The molecule has 0 aliphatic carbocycles. The lowest BCUT2D eigenvalue weighted by atomic mass is 10.1. The first kappa shape index (κ1) is 12.3. The van der Waals surface area contributed by atoms with E-state index in [1.54, 1.807) is 37.4 Å². The quantitative estimate of drug-likeness (QED) is 0.725. The summed E-state index contributed by atoms with van der Waals surface area (Å²) in [5.41, 5.74) is 7.57. The number of benzene rings is 2. The third-order valence-corrected chi connectivity index (χ3v) is 3.11. The van der Waals surface area contributed by atoms with E-state index in [1.807, 2.05) is 12.1 Å². The van der Waals surface area contributed by atoms with E-state index in [0.29, 0.717) is 28.2 Å². The number of anilines is 1. The van der Waals surface area contributed by atoms with Crippen LogP contribution >= 0.6 is 0 Å². The summed E-state index contributed by atoms with van der Waals surface area (Å²) in [4.78, 5) is 12.2. The number of ether oxygens (including phenoxy) is 1. The SMILES string of the molecule is COc1ccc2oc(-c3cccc(N)c3)cc(=O)c2c1. The molecule has 4 heteroatoms. The van der Waals surface area contributed by atoms with E-state index < -0.39 is 0 Å². The molecule has 2 aromatic carbocycles. The fourth-order valence-corrected chi connectivity index (χ4v) is 2.10. The molecule has 0 saturated heterocycles. The van der Waals surface area contributed by atoms with Gasteiger partial charge in [0.1, 0.15) is 17.1 Å². The molecule has 0 aliphatic heterocycles. The van der Waals surface area contributed by atoms with Gasteiger partial charge in [0, 0.05) is 17.3 Å². The van der Waals surface area contributed by atoms with Crippen molar-refractivity contribution in [1.29, 1.82) is 0 Å².